The first kappa shape index (κ1) is 20.9. The van der Waals surface area contributed by atoms with Gasteiger partial charge in [0.05, 0.1) is 16.6 Å². The van der Waals surface area contributed by atoms with Crippen molar-refractivity contribution in [2.24, 2.45) is 7.05 Å². The van der Waals surface area contributed by atoms with Crippen molar-refractivity contribution in [3.63, 3.8) is 0 Å². The summed E-state index contributed by atoms with van der Waals surface area (Å²) in [6, 6.07) is 17.9. The lowest BCUT2D eigenvalue weighted by atomic mass is 9.85. The monoisotopic (exact) mass is 431 g/mol. The van der Waals surface area contributed by atoms with Gasteiger partial charge in [0.1, 0.15) is 5.75 Å². The smallest absolute Gasteiger partial charge is 0.198 e. The fraction of sp³-hybridized carbons (Fsp3) is 0.346. The molecule has 0 aliphatic carbocycles. The third-order valence-electron chi connectivity index (χ3n) is 6.65. The van der Waals surface area contributed by atoms with Crippen molar-refractivity contribution in [3.05, 3.63) is 72.6 Å². The van der Waals surface area contributed by atoms with Gasteiger partial charge in [0.2, 0.25) is 0 Å². The first-order valence-corrected chi connectivity index (χ1v) is 11.2. The van der Waals surface area contributed by atoms with Crippen molar-refractivity contribution < 1.29 is 14.9 Å². The molecule has 2 aromatic heterocycles. The molecule has 1 atom stereocenters. The van der Waals surface area contributed by atoms with Gasteiger partial charge in [-0.15, -0.1) is 0 Å². The van der Waals surface area contributed by atoms with Crippen LogP contribution in [0.5, 0.6) is 5.75 Å². The maximum Gasteiger partial charge on any atom is 0.198 e. The van der Waals surface area contributed by atoms with E-state index in [-0.39, 0.29) is 0 Å². The summed E-state index contributed by atoms with van der Waals surface area (Å²) in [6.07, 6.45) is 4.73. The van der Waals surface area contributed by atoms with Gasteiger partial charge in [0.25, 0.3) is 0 Å². The number of fused-ring (bicyclic) bond motifs is 2. The van der Waals surface area contributed by atoms with Gasteiger partial charge in [-0.05, 0) is 43.2 Å². The Labute approximate surface area is 187 Å². The zero-order chi connectivity index (χ0) is 22.1. The summed E-state index contributed by atoms with van der Waals surface area (Å²) in [4.78, 5) is 6.79. The molecule has 0 saturated carbocycles. The number of pyridine rings is 1. The van der Waals surface area contributed by atoms with Gasteiger partial charge in [0, 0.05) is 61.8 Å². The summed E-state index contributed by atoms with van der Waals surface area (Å²) in [7, 11) is 1.99. The van der Waals surface area contributed by atoms with E-state index in [1.807, 2.05) is 66.3 Å². The van der Waals surface area contributed by atoms with E-state index in [1.165, 1.54) is 0 Å². The highest BCUT2D eigenvalue weighted by Crippen LogP contribution is 2.34. The molecule has 1 aliphatic rings. The second-order valence-electron chi connectivity index (χ2n) is 8.77. The molecular formula is C26H29N3O3. The maximum absolute atomic E-state index is 11.3. The van der Waals surface area contributed by atoms with Crippen LogP contribution in [0.25, 0.3) is 21.8 Å². The van der Waals surface area contributed by atoms with Crippen LogP contribution < -0.4 is 4.74 Å². The topological polar surface area (TPSA) is 70.8 Å². The Morgan fingerprint density at radius 3 is 2.75 bits per heavy atom. The lowest BCUT2D eigenvalue weighted by molar-refractivity contribution is -0.0471. The van der Waals surface area contributed by atoms with Gasteiger partial charge in [-0.1, -0.05) is 24.3 Å². The molecule has 3 heterocycles. The van der Waals surface area contributed by atoms with E-state index < -0.39 is 11.9 Å². The quantitative estimate of drug-likeness (QED) is 0.455. The zero-order valence-corrected chi connectivity index (χ0v) is 18.3. The predicted octanol–water partition coefficient (Wildman–Crippen LogP) is 3.80. The Morgan fingerprint density at radius 2 is 1.91 bits per heavy atom. The number of benzene rings is 2. The van der Waals surface area contributed by atoms with Crippen molar-refractivity contribution in [2.45, 2.75) is 31.2 Å². The van der Waals surface area contributed by atoms with Crippen LogP contribution in [-0.2, 0) is 12.6 Å². The normalized spacial score (nSPS) is 17.6. The molecule has 0 bridgehead atoms. The molecule has 5 rings (SSSR count). The molecule has 1 saturated heterocycles. The van der Waals surface area contributed by atoms with Crippen LogP contribution in [0.1, 0.15) is 24.8 Å². The Hall–Kier alpha value is -2.93. The lowest BCUT2D eigenvalue weighted by Crippen LogP contribution is -2.43. The molecule has 6 nitrogen and oxygen atoms in total. The number of aliphatic hydroxyl groups excluding tert-OH is 1. The van der Waals surface area contributed by atoms with Crippen molar-refractivity contribution in [1.29, 1.82) is 0 Å². The van der Waals surface area contributed by atoms with Crippen molar-refractivity contribution in [3.8, 4) is 5.75 Å². The first-order chi connectivity index (χ1) is 15.5. The number of rotatable bonds is 6. The summed E-state index contributed by atoms with van der Waals surface area (Å²) in [5, 5.41) is 23.8. The van der Waals surface area contributed by atoms with E-state index in [0.29, 0.717) is 25.0 Å². The number of hydrogen-bond donors (Lipinski definition) is 2. The molecule has 4 aromatic rings. The number of nitrogens with zero attached hydrogens (tertiary/aromatic N) is 3. The molecule has 166 valence electrons. The minimum Gasteiger partial charge on any atom is -0.464 e. The third kappa shape index (κ3) is 4.09. The second-order valence-corrected chi connectivity index (χ2v) is 8.77. The Kier molecular flexibility index (Phi) is 5.59. The van der Waals surface area contributed by atoms with Crippen molar-refractivity contribution in [1.82, 2.24) is 14.5 Å². The van der Waals surface area contributed by atoms with Gasteiger partial charge in [-0.3, -0.25) is 4.98 Å². The van der Waals surface area contributed by atoms with Crippen LogP contribution in [0.2, 0.25) is 0 Å². The minimum atomic E-state index is -0.869. The highest BCUT2D eigenvalue weighted by Gasteiger charge is 2.34. The maximum atomic E-state index is 11.3. The number of hydrogen-bond acceptors (Lipinski definition) is 5. The van der Waals surface area contributed by atoms with Crippen LogP contribution >= 0.6 is 0 Å². The van der Waals surface area contributed by atoms with Crippen LogP contribution in [0, 0.1) is 0 Å². The summed E-state index contributed by atoms with van der Waals surface area (Å²) in [5.41, 5.74) is 2.05. The molecule has 2 aromatic carbocycles. The predicted molar refractivity (Wildman–Crippen MR) is 125 cm³/mol. The van der Waals surface area contributed by atoms with E-state index in [1.54, 1.807) is 6.20 Å². The summed E-state index contributed by atoms with van der Waals surface area (Å²) in [6.45, 7) is 2.26. The SMILES string of the molecule is Cn1ccc2c(OC(O)CCN3CCC(O)(c4cnc5ccccc5c4)CC3)cccc21. The van der Waals surface area contributed by atoms with Gasteiger partial charge in [-0.2, -0.15) is 0 Å². The lowest BCUT2D eigenvalue weighted by Gasteiger charge is -2.38. The van der Waals surface area contributed by atoms with Crippen LogP contribution in [0.4, 0.5) is 0 Å². The number of likely N-dealkylation sites (tertiary alicyclic amines) is 1. The fourth-order valence-electron chi connectivity index (χ4n) is 4.64. The molecule has 1 fully saturated rings. The number of aliphatic hydroxyl groups is 2. The Bertz CT molecular complexity index is 1230. The Balaban J connectivity index is 1.16. The van der Waals surface area contributed by atoms with Gasteiger partial charge < -0.3 is 24.4 Å². The molecular weight excluding hydrogens is 402 g/mol. The van der Waals surface area contributed by atoms with Gasteiger partial charge in [-0.25, -0.2) is 0 Å². The second kappa shape index (κ2) is 8.54. The van der Waals surface area contributed by atoms with Crippen molar-refractivity contribution >= 4 is 21.8 Å². The molecule has 1 aliphatic heterocycles. The molecule has 1 unspecified atom stereocenters. The number of ether oxygens (including phenoxy) is 1. The van der Waals surface area contributed by atoms with E-state index in [0.717, 1.165) is 47.0 Å². The summed E-state index contributed by atoms with van der Waals surface area (Å²) in [5.74, 6) is 0.701. The highest BCUT2D eigenvalue weighted by molar-refractivity contribution is 5.86. The van der Waals surface area contributed by atoms with Crippen molar-refractivity contribution in [2.75, 3.05) is 19.6 Å². The van der Waals surface area contributed by atoms with E-state index in [4.69, 9.17) is 4.74 Å². The van der Waals surface area contributed by atoms with Crippen LogP contribution in [0.3, 0.4) is 0 Å². The number of para-hydroxylation sites is 1. The number of aromatic nitrogens is 2. The highest BCUT2D eigenvalue weighted by atomic mass is 16.6. The van der Waals surface area contributed by atoms with Crippen LogP contribution in [-0.4, -0.2) is 50.6 Å². The number of aryl methyl sites for hydroxylation is 1. The fourth-order valence-corrected chi connectivity index (χ4v) is 4.64. The standard InChI is InChI=1S/C26H29N3O3/c1-28-13-9-21-23(28)7-4-8-24(21)32-25(30)10-14-29-15-11-26(31,12-16-29)20-17-19-5-2-3-6-22(19)27-18-20/h2-9,13,17-18,25,30-31H,10-12,14-16H2,1H3. The third-order valence-corrected chi connectivity index (χ3v) is 6.65. The summed E-state index contributed by atoms with van der Waals surface area (Å²) >= 11 is 0. The Morgan fingerprint density at radius 1 is 1.09 bits per heavy atom. The van der Waals surface area contributed by atoms with E-state index in [2.05, 4.69) is 16.0 Å². The van der Waals surface area contributed by atoms with E-state index >= 15 is 0 Å². The minimum absolute atomic E-state index is 0.513. The van der Waals surface area contributed by atoms with Crippen LogP contribution in [0.15, 0.2) is 67.0 Å². The van der Waals surface area contributed by atoms with Gasteiger partial charge >= 0.3 is 0 Å². The number of piperidine rings is 1. The molecule has 0 radical (unpaired) electrons. The molecule has 6 heteroatoms. The molecule has 0 amide bonds. The molecule has 32 heavy (non-hydrogen) atoms. The molecule has 0 spiro atoms. The average Bonchev–Trinajstić information content (AvgIpc) is 3.20. The van der Waals surface area contributed by atoms with Gasteiger partial charge in [0.15, 0.2) is 6.29 Å². The summed E-state index contributed by atoms with van der Waals surface area (Å²) < 4.78 is 7.88. The largest absolute Gasteiger partial charge is 0.464 e. The zero-order valence-electron chi connectivity index (χ0n) is 18.3. The van der Waals surface area contributed by atoms with E-state index in [9.17, 15) is 10.2 Å². The first-order valence-electron chi connectivity index (χ1n) is 11.2. The average molecular weight is 432 g/mol. The molecule has 2 N–H and O–H groups in total.